The van der Waals surface area contributed by atoms with E-state index in [0.717, 1.165) is 22.1 Å². The Morgan fingerprint density at radius 2 is 2.10 bits per heavy atom. The quantitative estimate of drug-likeness (QED) is 0.569. The number of aromatic nitrogens is 3. The van der Waals surface area contributed by atoms with Crippen LogP contribution in [0, 0.1) is 5.82 Å². The van der Waals surface area contributed by atoms with E-state index in [-0.39, 0.29) is 10.8 Å². The molecule has 12 heteroatoms. The van der Waals surface area contributed by atoms with Crippen molar-refractivity contribution in [3.8, 4) is 17.0 Å². The highest BCUT2D eigenvalue weighted by Crippen LogP contribution is 2.41. The van der Waals surface area contributed by atoms with E-state index < -0.39 is 35.7 Å². The number of anilines is 1. The lowest BCUT2D eigenvalue weighted by Crippen LogP contribution is -2.46. The highest BCUT2D eigenvalue weighted by molar-refractivity contribution is 7.14. The summed E-state index contributed by atoms with van der Waals surface area (Å²) in [7, 11) is 2.66. The number of hydrogen-bond acceptors (Lipinski definition) is 6. The highest BCUT2D eigenvalue weighted by atomic mass is 32.1. The topological polar surface area (TPSA) is 89.3 Å². The maximum absolute atomic E-state index is 13.6. The van der Waals surface area contributed by atoms with Crippen LogP contribution in [0.25, 0.3) is 11.3 Å². The molecule has 30 heavy (non-hydrogen) atoms. The average Bonchev–Trinajstić information content (AvgIpc) is 3.29. The molecule has 3 aromatic rings. The van der Waals surface area contributed by atoms with Gasteiger partial charge < -0.3 is 19.7 Å². The highest BCUT2D eigenvalue weighted by Gasteiger charge is 2.58. The van der Waals surface area contributed by atoms with E-state index in [1.54, 1.807) is 0 Å². The van der Waals surface area contributed by atoms with Crippen molar-refractivity contribution in [3.63, 3.8) is 0 Å². The number of thiazole rings is 1. The minimum absolute atomic E-state index is 0.0225. The van der Waals surface area contributed by atoms with Crippen LogP contribution in [0.4, 0.5) is 22.7 Å². The van der Waals surface area contributed by atoms with Gasteiger partial charge in [-0.1, -0.05) is 0 Å². The molecule has 0 aliphatic heterocycles. The molecule has 1 unspecified atom stereocenters. The van der Waals surface area contributed by atoms with Crippen molar-refractivity contribution in [2.24, 2.45) is 7.05 Å². The molecule has 2 N–H and O–H groups in total. The zero-order valence-electron chi connectivity index (χ0n) is 15.7. The SMILES string of the molecule is COc1ccc(F)cc1-c1csc(NC(=O)CC(O)(c2nccn2C)C(F)(F)F)n1. The van der Waals surface area contributed by atoms with Crippen molar-refractivity contribution in [1.82, 2.24) is 14.5 Å². The Balaban J connectivity index is 1.82. The Bertz CT molecular complexity index is 1070. The van der Waals surface area contributed by atoms with Crippen LogP contribution in [0.3, 0.4) is 0 Å². The van der Waals surface area contributed by atoms with Crippen molar-refractivity contribution < 1.29 is 32.2 Å². The number of alkyl halides is 3. The second kappa shape index (κ2) is 8.03. The molecule has 0 radical (unpaired) electrons. The minimum atomic E-state index is -5.15. The molecule has 0 saturated carbocycles. The summed E-state index contributed by atoms with van der Waals surface area (Å²) in [5.74, 6) is -2.03. The number of aryl methyl sites for hydroxylation is 1. The van der Waals surface area contributed by atoms with Gasteiger partial charge in [0.2, 0.25) is 11.5 Å². The van der Waals surface area contributed by atoms with E-state index in [1.165, 1.54) is 43.9 Å². The first kappa shape index (κ1) is 21.7. The molecular weight excluding hydrogens is 428 g/mol. The van der Waals surface area contributed by atoms with E-state index >= 15 is 0 Å². The number of imidazole rings is 1. The third-order valence-corrected chi connectivity index (χ3v) is 5.02. The zero-order chi connectivity index (χ0) is 22.1. The van der Waals surface area contributed by atoms with E-state index in [0.29, 0.717) is 11.3 Å². The lowest BCUT2D eigenvalue weighted by Gasteiger charge is -2.29. The molecule has 7 nitrogen and oxygen atoms in total. The van der Waals surface area contributed by atoms with Gasteiger partial charge in [0.05, 0.1) is 19.2 Å². The zero-order valence-corrected chi connectivity index (χ0v) is 16.5. The fourth-order valence-electron chi connectivity index (χ4n) is 2.80. The molecule has 3 rings (SSSR count). The first-order valence-corrected chi connectivity index (χ1v) is 9.29. The molecule has 1 amide bonds. The number of benzene rings is 1. The Labute approximate surface area is 172 Å². The second-order valence-corrected chi connectivity index (χ2v) is 7.19. The van der Waals surface area contributed by atoms with E-state index in [2.05, 4.69) is 15.3 Å². The number of carbonyl (C=O) groups is 1. The van der Waals surface area contributed by atoms with Crippen LogP contribution >= 0.6 is 11.3 Å². The molecule has 1 aromatic carbocycles. The van der Waals surface area contributed by atoms with E-state index in [1.807, 2.05) is 0 Å². The molecule has 1 atom stereocenters. The third-order valence-electron chi connectivity index (χ3n) is 4.26. The number of ether oxygens (including phenoxy) is 1. The average molecular weight is 444 g/mol. The fraction of sp³-hybridized carbons (Fsp3) is 0.278. The molecule has 2 aromatic heterocycles. The summed E-state index contributed by atoms with van der Waals surface area (Å²) in [4.78, 5) is 19.9. The molecule has 160 valence electrons. The van der Waals surface area contributed by atoms with Gasteiger partial charge >= 0.3 is 6.18 Å². The number of nitrogens with zero attached hydrogens (tertiary/aromatic N) is 3. The predicted molar refractivity (Wildman–Crippen MR) is 100 cm³/mol. The summed E-state index contributed by atoms with van der Waals surface area (Å²) in [6.45, 7) is 0. The first-order chi connectivity index (χ1) is 14.0. The van der Waals surface area contributed by atoms with Gasteiger partial charge in [-0.15, -0.1) is 11.3 Å². The number of amides is 1. The van der Waals surface area contributed by atoms with Gasteiger partial charge in [-0.3, -0.25) is 4.79 Å². The van der Waals surface area contributed by atoms with Crippen LogP contribution in [0.2, 0.25) is 0 Å². The normalized spacial score (nSPS) is 13.7. The molecular formula is C18H16F4N4O3S. The Morgan fingerprint density at radius 3 is 2.70 bits per heavy atom. The van der Waals surface area contributed by atoms with Crippen LogP contribution in [-0.4, -0.2) is 38.8 Å². The minimum Gasteiger partial charge on any atom is -0.496 e. The Kier molecular flexibility index (Phi) is 5.81. The van der Waals surface area contributed by atoms with Crippen molar-refractivity contribution in [1.29, 1.82) is 0 Å². The van der Waals surface area contributed by atoms with Crippen molar-refractivity contribution >= 4 is 22.4 Å². The Hall–Kier alpha value is -2.99. The van der Waals surface area contributed by atoms with Crippen LogP contribution in [0.5, 0.6) is 5.75 Å². The van der Waals surface area contributed by atoms with Crippen molar-refractivity contribution in [2.75, 3.05) is 12.4 Å². The Morgan fingerprint density at radius 1 is 1.37 bits per heavy atom. The summed E-state index contributed by atoms with van der Waals surface area (Å²) in [6, 6.07) is 3.79. The van der Waals surface area contributed by atoms with Crippen LogP contribution in [0.1, 0.15) is 12.2 Å². The second-order valence-electron chi connectivity index (χ2n) is 6.33. The number of nitrogens with one attached hydrogen (secondary N) is 1. The number of halogens is 4. The van der Waals surface area contributed by atoms with Crippen LogP contribution in [0.15, 0.2) is 36.0 Å². The van der Waals surface area contributed by atoms with Gasteiger partial charge in [0, 0.05) is 30.4 Å². The number of methoxy groups -OCH3 is 1. The fourth-order valence-corrected chi connectivity index (χ4v) is 3.53. The van der Waals surface area contributed by atoms with Crippen LogP contribution in [-0.2, 0) is 17.4 Å². The smallest absolute Gasteiger partial charge is 0.425 e. The monoisotopic (exact) mass is 444 g/mol. The first-order valence-electron chi connectivity index (χ1n) is 8.41. The van der Waals surface area contributed by atoms with Gasteiger partial charge in [0.1, 0.15) is 11.6 Å². The summed E-state index contributed by atoms with van der Waals surface area (Å²) in [5.41, 5.74) is -2.91. The molecule has 0 fully saturated rings. The van der Waals surface area contributed by atoms with E-state index in [9.17, 15) is 27.5 Å². The van der Waals surface area contributed by atoms with Crippen molar-refractivity contribution in [3.05, 3.63) is 47.6 Å². The standard InChI is InChI=1S/C18H16F4N4O3S/c1-26-6-5-23-15(26)17(28,18(20,21)22)8-14(27)25-16-24-12(9-30-16)11-7-10(19)3-4-13(11)29-2/h3-7,9,28H,8H2,1-2H3,(H,24,25,27). The summed E-state index contributed by atoms with van der Waals surface area (Å²) < 4.78 is 60.3. The van der Waals surface area contributed by atoms with Gasteiger partial charge in [-0.05, 0) is 18.2 Å². The maximum Gasteiger partial charge on any atom is 0.425 e. The van der Waals surface area contributed by atoms with Gasteiger partial charge in [0.15, 0.2) is 11.0 Å². The van der Waals surface area contributed by atoms with Gasteiger partial charge in [-0.2, -0.15) is 13.2 Å². The van der Waals surface area contributed by atoms with Crippen LogP contribution < -0.4 is 10.1 Å². The number of hydrogen-bond donors (Lipinski definition) is 2. The number of carbonyl (C=O) groups excluding carboxylic acids is 1. The maximum atomic E-state index is 13.6. The lowest BCUT2D eigenvalue weighted by molar-refractivity contribution is -0.270. The summed E-state index contributed by atoms with van der Waals surface area (Å²) in [5, 5.41) is 14.0. The summed E-state index contributed by atoms with van der Waals surface area (Å²) >= 11 is 0.927. The molecule has 0 aliphatic rings. The molecule has 0 saturated heterocycles. The number of aliphatic hydroxyl groups is 1. The molecule has 0 aliphatic carbocycles. The van der Waals surface area contributed by atoms with E-state index in [4.69, 9.17) is 4.74 Å². The third kappa shape index (κ3) is 4.14. The van der Waals surface area contributed by atoms with Crippen molar-refractivity contribution in [2.45, 2.75) is 18.2 Å². The number of rotatable bonds is 6. The molecule has 0 bridgehead atoms. The lowest BCUT2D eigenvalue weighted by atomic mass is 9.97. The molecule has 2 heterocycles. The summed E-state index contributed by atoms with van der Waals surface area (Å²) in [6.07, 6.45) is -4.15. The van der Waals surface area contributed by atoms with Gasteiger partial charge in [-0.25, -0.2) is 14.4 Å². The largest absolute Gasteiger partial charge is 0.496 e. The molecule has 0 spiro atoms. The predicted octanol–water partition coefficient (Wildman–Crippen LogP) is 3.47. The van der Waals surface area contributed by atoms with Gasteiger partial charge in [0.25, 0.3) is 0 Å².